The Balaban J connectivity index is 2.50. The minimum Gasteiger partial charge on any atom is -0.326 e. The summed E-state index contributed by atoms with van der Waals surface area (Å²) in [5.41, 5.74) is 0. The van der Waals surface area contributed by atoms with Crippen LogP contribution in [0.1, 0.15) is 53.4 Å². The first-order valence-corrected chi connectivity index (χ1v) is 6.62. The van der Waals surface area contributed by atoms with Gasteiger partial charge in [-0.15, -0.1) is 0 Å². The highest BCUT2D eigenvalue weighted by Gasteiger charge is 2.35. The average Bonchev–Trinajstić information content (AvgIpc) is 2.45. The molecule has 16 heavy (non-hydrogen) atoms. The van der Waals surface area contributed by atoms with E-state index in [-0.39, 0.29) is 18.1 Å². The van der Waals surface area contributed by atoms with Gasteiger partial charge in [-0.2, -0.15) is 0 Å². The average molecular weight is 226 g/mol. The summed E-state index contributed by atoms with van der Waals surface area (Å²) in [4.78, 5) is 14.0. The Kier molecular flexibility index (Phi) is 5.26. The largest absolute Gasteiger partial charge is 0.326 e. The van der Waals surface area contributed by atoms with Crippen LogP contribution in [0.15, 0.2) is 0 Å². The Morgan fingerprint density at radius 2 is 2.06 bits per heavy atom. The molecule has 2 unspecified atom stereocenters. The summed E-state index contributed by atoms with van der Waals surface area (Å²) >= 11 is 0. The van der Waals surface area contributed by atoms with E-state index >= 15 is 0 Å². The zero-order valence-electron chi connectivity index (χ0n) is 11.1. The number of hydrogen-bond acceptors (Lipinski definition) is 2. The van der Waals surface area contributed by atoms with Crippen molar-refractivity contribution in [2.24, 2.45) is 5.92 Å². The molecule has 0 radical (unpaired) electrons. The molecule has 0 saturated carbocycles. The van der Waals surface area contributed by atoms with Gasteiger partial charge >= 0.3 is 0 Å². The van der Waals surface area contributed by atoms with Crippen molar-refractivity contribution < 1.29 is 4.79 Å². The molecule has 0 aromatic heterocycles. The van der Waals surface area contributed by atoms with E-state index in [0.717, 1.165) is 19.4 Å². The molecular weight excluding hydrogens is 200 g/mol. The van der Waals surface area contributed by atoms with E-state index in [4.69, 9.17) is 0 Å². The van der Waals surface area contributed by atoms with E-state index in [1.54, 1.807) is 0 Å². The number of unbranched alkanes of at least 4 members (excludes halogenated alkanes) is 2. The topological polar surface area (TPSA) is 32.3 Å². The van der Waals surface area contributed by atoms with Gasteiger partial charge in [0, 0.05) is 6.54 Å². The van der Waals surface area contributed by atoms with E-state index in [0.29, 0.717) is 5.92 Å². The maximum atomic E-state index is 12.0. The minimum absolute atomic E-state index is 0.00498. The lowest BCUT2D eigenvalue weighted by atomic mass is 10.1. The molecule has 1 rings (SSSR count). The molecule has 1 fully saturated rings. The van der Waals surface area contributed by atoms with E-state index in [1.807, 2.05) is 11.8 Å². The third kappa shape index (κ3) is 3.48. The van der Waals surface area contributed by atoms with Crippen LogP contribution in [0.4, 0.5) is 0 Å². The zero-order chi connectivity index (χ0) is 12.1. The van der Waals surface area contributed by atoms with Crippen LogP contribution in [0.25, 0.3) is 0 Å². The van der Waals surface area contributed by atoms with Gasteiger partial charge in [-0.25, -0.2) is 0 Å². The van der Waals surface area contributed by atoms with Gasteiger partial charge in [0.1, 0.15) is 0 Å². The number of rotatable bonds is 6. The Labute approximate surface area is 99.6 Å². The summed E-state index contributed by atoms with van der Waals surface area (Å²) in [6.07, 6.45) is 4.87. The summed E-state index contributed by atoms with van der Waals surface area (Å²) < 4.78 is 0. The number of nitrogens with zero attached hydrogens (tertiary/aromatic N) is 1. The second-order valence-corrected chi connectivity index (χ2v) is 5.27. The monoisotopic (exact) mass is 226 g/mol. The highest BCUT2D eigenvalue weighted by atomic mass is 16.2. The third-order valence-corrected chi connectivity index (χ3v) is 3.17. The van der Waals surface area contributed by atoms with Gasteiger partial charge in [-0.1, -0.05) is 33.6 Å². The molecule has 1 heterocycles. The van der Waals surface area contributed by atoms with Crippen molar-refractivity contribution in [1.82, 2.24) is 10.2 Å². The van der Waals surface area contributed by atoms with E-state index in [2.05, 4.69) is 26.1 Å². The SMILES string of the molecule is CCCCCN1C(=O)C(C)NC1CC(C)C. The molecule has 0 aromatic rings. The van der Waals surface area contributed by atoms with Crippen molar-refractivity contribution in [2.45, 2.75) is 65.6 Å². The molecule has 1 aliphatic rings. The highest BCUT2D eigenvalue weighted by Crippen LogP contribution is 2.18. The molecule has 94 valence electrons. The molecule has 0 spiro atoms. The smallest absolute Gasteiger partial charge is 0.240 e. The van der Waals surface area contributed by atoms with Crippen molar-refractivity contribution in [1.29, 1.82) is 0 Å². The fourth-order valence-electron chi connectivity index (χ4n) is 2.29. The molecule has 3 heteroatoms. The summed E-state index contributed by atoms with van der Waals surface area (Å²) in [6.45, 7) is 9.49. The van der Waals surface area contributed by atoms with E-state index in [1.165, 1.54) is 12.8 Å². The molecule has 0 aromatic carbocycles. The standard InChI is InChI=1S/C13H26N2O/c1-5-6-7-8-15-12(9-10(2)3)14-11(4)13(15)16/h10-12,14H,5-9H2,1-4H3. The van der Waals surface area contributed by atoms with Crippen LogP contribution in [-0.4, -0.2) is 29.6 Å². The number of hydrogen-bond donors (Lipinski definition) is 1. The van der Waals surface area contributed by atoms with Crippen LogP contribution in [0.3, 0.4) is 0 Å². The highest BCUT2D eigenvalue weighted by molar-refractivity contribution is 5.83. The van der Waals surface area contributed by atoms with E-state index in [9.17, 15) is 4.79 Å². The van der Waals surface area contributed by atoms with Crippen LogP contribution in [0, 0.1) is 5.92 Å². The Bertz CT molecular complexity index is 228. The second-order valence-electron chi connectivity index (χ2n) is 5.27. The van der Waals surface area contributed by atoms with Crippen molar-refractivity contribution in [3.05, 3.63) is 0 Å². The Hall–Kier alpha value is -0.570. The zero-order valence-corrected chi connectivity index (χ0v) is 11.1. The van der Waals surface area contributed by atoms with Gasteiger partial charge in [0.2, 0.25) is 5.91 Å². The first-order valence-electron chi connectivity index (χ1n) is 6.62. The lowest BCUT2D eigenvalue weighted by molar-refractivity contribution is -0.130. The van der Waals surface area contributed by atoms with Crippen molar-refractivity contribution >= 4 is 5.91 Å². The van der Waals surface area contributed by atoms with Crippen LogP contribution >= 0.6 is 0 Å². The van der Waals surface area contributed by atoms with Crippen LogP contribution in [0.5, 0.6) is 0 Å². The number of amides is 1. The Morgan fingerprint density at radius 1 is 1.38 bits per heavy atom. The normalized spacial score (nSPS) is 25.8. The molecule has 0 aliphatic carbocycles. The van der Waals surface area contributed by atoms with Crippen molar-refractivity contribution in [2.75, 3.05) is 6.54 Å². The first kappa shape index (κ1) is 13.5. The van der Waals surface area contributed by atoms with Crippen LogP contribution < -0.4 is 5.32 Å². The lowest BCUT2D eigenvalue weighted by Crippen LogP contribution is -2.39. The molecule has 1 saturated heterocycles. The van der Waals surface area contributed by atoms with Gasteiger partial charge < -0.3 is 4.90 Å². The first-order chi connectivity index (χ1) is 7.56. The summed E-state index contributed by atoms with van der Waals surface area (Å²) in [5.74, 6) is 0.908. The second kappa shape index (κ2) is 6.24. The predicted molar refractivity (Wildman–Crippen MR) is 67.1 cm³/mol. The Morgan fingerprint density at radius 3 is 2.62 bits per heavy atom. The lowest BCUT2D eigenvalue weighted by Gasteiger charge is -2.25. The third-order valence-electron chi connectivity index (χ3n) is 3.17. The molecule has 1 amide bonds. The molecule has 1 N–H and O–H groups in total. The van der Waals surface area contributed by atoms with Gasteiger partial charge in [0.25, 0.3) is 0 Å². The van der Waals surface area contributed by atoms with Gasteiger partial charge in [0.05, 0.1) is 12.2 Å². The number of carbonyl (C=O) groups excluding carboxylic acids is 1. The van der Waals surface area contributed by atoms with E-state index < -0.39 is 0 Å². The van der Waals surface area contributed by atoms with Gasteiger partial charge in [-0.05, 0) is 25.7 Å². The number of carbonyl (C=O) groups is 1. The minimum atomic E-state index is 0.00498. The summed E-state index contributed by atoms with van der Waals surface area (Å²) in [5, 5.41) is 3.39. The fourth-order valence-corrected chi connectivity index (χ4v) is 2.29. The molecule has 1 aliphatic heterocycles. The predicted octanol–water partition coefficient (Wildman–Crippen LogP) is 2.37. The van der Waals surface area contributed by atoms with Gasteiger partial charge in [-0.3, -0.25) is 10.1 Å². The van der Waals surface area contributed by atoms with Gasteiger partial charge in [0.15, 0.2) is 0 Å². The maximum Gasteiger partial charge on any atom is 0.240 e. The van der Waals surface area contributed by atoms with Crippen LogP contribution in [0.2, 0.25) is 0 Å². The molecular formula is C13H26N2O. The number of nitrogens with one attached hydrogen (secondary N) is 1. The maximum absolute atomic E-state index is 12.0. The van der Waals surface area contributed by atoms with Crippen molar-refractivity contribution in [3.63, 3.8) is 0 Å². The summed E-state index contributed by atoms with van der Waals surface area (Å²) in [7, 11) is 0. The van der Waals surface area contributed by atoms with Crippen molar-refractivity contribution in [3.8, 4) is 0 Å². The molecule has 2 atom stereocenters. The fraction of sp³-hybridized carbons (Fsp3) is 0.923. The molecule has 0 bridgehead atoms. The quantitative estimate of drug-likeness (QED) is 0.705. The summed E-state index contributed by atoms with van der Waals surface area (Å²) in [6, 6.07) is 0.00498. The van der Waals surface area contributed by atoms with Crippen LogP contribution in [-0.2, 0) is 4.79 Å². The molecule has 3 nitrogen and oxygen atoms in total.